The lowest BCUT2D eigenvalue weighted by molar-refractivity contribution is -0.122. The van der Waals surface area contributed by atoms with Gasteiger partial charge in [0.1, 0.15) is 12.4 Å². The van der Waals surface area contributed by atoms with E-state index in [2.05, 4.69) is 4.72 Å². The molecule has 0 unspecified atom stereocenters. The number of hydrogen-bond acceptors (Lipinski definition) is 4. The van der Waals surface area contributed by atoms with E-state index >= 15 is 0 Å². The van der Waals surface area contributed by atoms with Gasteiger partial charge in [-0.15, -0.1) is 0 Å². The highest BCUT2D eigenvalue weighted by Gasteiger charge is 2.25. The Balaban J connectivity index is 1.85. The topological polar surface area (TPSA) is 75.7 Å². The summed E-state index contributed by atoms with van der Waals surface area (Å²) in [6, 6.07) is 8.57. The zero-order chi connectivity index (χ0) is 18.9. The Morgan fingerprint density at radius 1 is 1.27 bits per heavy atom. The number of anilines is 2. The summed E-state index contributed by atoms with van der Waals surface area (Å²) in [6.45, 7) is 2.07. The zero-order valence-electron chi connectivity index (χ0n) is 14.5. The van der Waals surface area contributed by atoms with Crippen LogP contribution in [0.4, 0.5) is 15.8 Å². The van der Waals surface area contributed by atoms with E-state index < -0.39 is 15.8 Å². The molecule has 0 saturated heterocycles. The van der Waals surface area contributed by atoms with Crippen molar-refractivity contribution < 1.29 is 22.3 Å². The maximum absolute atomic E-state index is 13.2. The number of nitrogens with one attached hydrogen (secondary N) is 1. The average molecular weight is 378 g/mol. The molecule has 0 bridgehead atoms. The van der Waals surface area contributed by atoms with Crippen molar-refractivity contribution in [2.24, 2.45) is 0 Å². The third kappa shape index (κ3) is 3.56. The van der Waals surface area contributed by atoms with Gasteiger partial charge in [0, 0.05) is 25.0 Å². The lowest BCUT2D eigenvalue weighted by Gasteiger charge is -2.17. The van der Waals surface area contributed by atoms with Gasteiger partial charge in [-0.2, -0.15) is 0 Å². The van der Waals surface area contributed by atoms with Crippen LogP contribution in [0, 0.1) is 12.7 Å². The molecule has 0 aromatic heterocycles. The van der Waals surface area contributed by atoms with Crippen LogP contribution in [-0.2, 0) is 26.0 Å². The summed E-state index contributed by atoms with van der Waals surface area (Å²) < 4.78 is 45.8. The van der Waals surface area contributed by atoms with Gasteiger partial charge >= 0.3 is 0 Å². The van der Waals surface area contributed by atoms with Gasteiger partial charge in [0.05, 0.1) is 4.90 Å². The van der Waals surface area contributed by atoms with Gasteiger partial charge in [-0.25, -0.2) is 12.8 Å². The molecule has 2 aromatic rings. The van der Waals surface area contributed by atoms with Gasteiger partial charge in [-0.05, 0) is 60.9 Å². The normalized spacial score (nSPS) is 13.6. The first-order chi connectivity index (χ1) is 12.3. The quantitative estimate of drug-likeness (QED) is 0.867. The van der Waals surface area contributed by atoms with Crippen LogP contribution < -0.4 is 9.62 Å². The van der Waals surface area contributed by atoms with Crippen LogP contribution in [0.2, 0.25) is 0 Å². The van der Waals surface area contributed by atoms with E-state index in [9.17, 15) is 17.6 Å². The highest BCUT2D eigenvalue weighted by molar-refractivity contribution is 7.92. The van der Waals surface area contributed by atoms with Gasteiger partial charge in [0.15, 0.2) is 0 Å². The Morgan fingerprint density at radius 2 is 2.04 bits per heavy atom. The number of ether oxygens (including phenoxy) is 1. The van der Waals surface area contributed by atoms with Gasteiger partial charge < -0.3 is 9.64 Å². The molecule has 0 atom stereocenters. The van der Waals surface area contributed by atoms with Crippen molar-refractivity contribution in [2.75, 3.05) is 29.9 Å². The number of hydrogen-bond donors (Lipinski definition) is 1. The average Bonchev–Trinajstić information content (AvgIpc) is 2.97. The molecule has 0 radical (unpaired) electrons. The van der Waals surface area contributed by atoms with Gasteiger partial charge in [0.25, 0.3) is 15.9 Å². The molecule has 0 fully saturated rings. The number of benzene rings is 2. The van der Waals surface area contributed by atoms with Crippen LogP contribution in [-0.4, -0.2) is 34.6 Å². The number of halogens is 1. The number of sulfonamides is 1. The van der Waals surface area contributed by atoms with E-state index in [0.29, 0.717) is 24.2 Å². The predicted octanol–water partition coefficient (Wildman–Crippen LogP) is 2.47. The SMILES string of the molecule is COCC(=O)N1CCc2cc(NS(=O)(=O)c3ccc(F)cc3C)ccc21. The molecule has 0 aliphatic carbocycles. The molecular formula is C18H19FN2O4S. The Hall–Kier alpha value is -2.45. The zero-order valence-corrected chi connectivity index (χ0v) is 15.3. The fourth-order valence-corrected chi connectivity index (χ4v) is 4.33. The maximum atomic E-state index is 13.2. The van der Waals surface area contributed by atoms with Crippen LogP contribution in [0.1, 0.15) is 11.1 Å². The first kappa shape index (κ1) is 18.3. The number of aryl methyl sites for hydroxylation is 1. The monoisotopic (exact) mass is 378 g/mol. The summed E-state index contributed by atoms with van der Waals surface area (Å²) in [7, 11) is -2.37. The Kier molecular flexibility index (Phi) is 4.97. The van der Waals surface area contributed by atoms with E-state index in [0.717, 1.165) is 17.3 Å². The summed E-state index contributed by atoms with van der Waals surface area (Å²) in [5, 5.41) is 0. The molecular weight excluding hydrogens is 359 g/mol. The number of rotatable bonds is 5. The smallest absolute Gasteiger partial charge is 0.262 e. The molecule has 1 amide bonds. The molecule has 1 heterocycles. The second-order valence-electron chi connectivity index (χ2n) is 6.09. The minimum absolute atomic E-state index is 0.00232. The van der Waals surface area contributed by atoms with Gasteiger partial charge in [0.2, 0.25) is 0 Å². The lowest BCUT2D eigenvalue weighted by Crippen LogP contribution is -2.31. The van der Waals surface area contributed by atoms with Crippen molar-refractivity contribution >= 4 is 27.3 Å². The summed E-state index contributed by atoms with van der Waals surface area (Å²) in [4.78, 5) is 13.7. The molecule has 6 nitrogen and oxygen atoms in total. The van der Waals surface area contributed by atoms with Crippen molar-refractivity contribution in [2.45, 2.75) is 18.2 Å². The van der Waals surface area contributed by atoms with Crippen LogP contribution in [0.25, 0.3) is 0 Å². The predicted molar refractivity (Wildman–Crippen MR) is 96.3 cm³/mol. The molecule has 1 N–H and O–H groups in total. The standard InChI is InChI=1S/C18H19FN2O4S/c1-12-9-14(19)3-6-17(12)26(23,24)20-15-4-5-16-13(10-15)7-8-21(16)18(22)11-25-2/h3-6,9-10,20H,7-8,11H2,1-2H3. The van der Waals surface area contributed by atoms with E-state index in [-0.39, 0.29) is 17.4 Å². The summed E-state index contributed by atoms with van der Waals surface area (Å²) in [5.41, 5.74) is 2.36. The van der Waals surface area contributed by atoms with E-state index in [1.807, 2.05) is 0 Å². The van der Waals surface area contributed by atoms with Crippen molar-refractivity contribution in [1.29, 1.82) is 0 Å². The molecule has 8 heteroatoms. The third-order valence-electron chi connectivity index (χ3n) is 4.22. The van der Waals surface area contributed by atoms with Crippen LogP contribution in [0.15, 0.2) is 41.3 Å². The highest BCUT2D eigenvalue weighted by Crippen LogP contribution is 2.31. The van der Waals surface area contributed by atoms with Crippen molar-refractivity contribution in [3.05, 3.63) is 53.3 Å². The summed E-state index contributed by atoms with van der Waals surface area (Å²) in [5.74, 6) is -0.624. The molecule has 138 valence electrons. The summed E-state index contributed by atoms with van der Waals surface area (Å²) in [6.07, 6.45) is 0.635. The second kappa shape index (κ2) is 7.05. The Morgan fingerprint density at radius 3 is 2.73 bits per heavy atom. The number of methoxy groups -OCH3 is 1. The van der Waals surface area contributed by atoms with Crippen molar-refractivity contribution in [3.8, 4) is 0 Å². The van der Waals surface area contributed by atoms with Crippen LogP contribution in [0.3, 0.4) is 0 Å². The molecule has 2 aromatic carbocycles. The highest BCUT2D eigenvalue weighted by atomic mass is 32.2. The summed E-state index contributed by atoms with van der Waals surface area (Å²) >= 11 is 0. The minimum atomic E-state index is -3.83. The molecule has 0 saturated carbocycles. The third-order valence-corrected chi connectivity index (χ3v) is 5.76. The maximum Gasteiger partial charge on any atom is 0.262 e. The minimum Gasteiger partial charge on any atom is -0.375 e. The Labute approximate surface area is 151 Å². The number of fused-ring (bicyclic) bond motifs is 1. The molecule has 1 aliphatic heterocycles. The number of carbonyl (C=O) groups excluding carboxylic acids is 1. The lowest BCUT2D eigenvalue weighted by atomic mass is 10.1. The van der Waals surface area contributed by atoms with E-state index in [4.69, 9.17) is 4.74 Å². The molecule has 1 aliphatic rings. The Bertz CT molecular complexity index is 960. The first-order valence-electron chi connectivity index (χ1n) is 8.03. The van der Waals surface area contributed by atoms with E-state index in [1.165, 1.54) is 19.2 Å². The van der Waals surface area contributed by atoms with E-state index in [1.54, 1.807) is 30.0 Å². The molecule has 26 heavy (non-hydrogen) atoms. The van der Waals surface area contributed by atoms with Crippen molar-refractivity contribution in [1.82, 2.24) is 0 Å². The molecule has 0 spiro atoms. The van der Waals surface area contributed by atoms with Crippen LogP contribution >= 0.6 is 0 Å². The fourth-order valence-electron chi connectivity index (χ4n) is 3.05. The van der Waals surface area contributed by atoms with Gasteiger partial charge in [-0.3, -0.25) is 9.52 Å². The fraction of sp³-hybridized carbons (Fsp3) is 0.278. The largest absolute Gasteiger partial charge is 0.375 e. The van der Waals surface area contributed by atoms with Crippen LogP contribution in [0.5, 0.6) is 0 Å². The number of carbonyl (C=O) groups is 1. The van der Waals surface area contributed by atoms with Gasteiger partial charge in [-0.1, -0.05) is 0 Å². The first-order valence-corrected chi connectivity index (χ1v) is 9.51. The van der Waals surface area contributed by atoms with Crippen molar-refractivity contribution in [3.63, 3.8) is 0 Å². The number of amides is 1. The second-order valence-corrected chi connectivity index (χ2v) is 7.74. The molecule has 3 rings (SSSR count). The number of nitrogens with zero attached hydrogens (tertiary/aromatic N) is 1.